The highest BCUT2D eigenvalue weighted by Gasteiger charge is 2.50. The summed E-state index contributed by atoms with van der Waals surface area (Å²) in [5.74, 6) is 0. The van der Waals surface area contributed by atoms with Gasteiger partial charge in [-0.1, -0.05) is 42.5 Å². The van der Waals surface area contributed by atoms with Crippen LogP contribution >= 0.6 is 0 Å². The molecule has 1 N–H and O–H groups in total. The van der Waals surface area contributed by atoms with Crippen LogP contribution in [-0.2, 0) is 24.0 Å². The summed E-state index contributed by atoms with van der Waals surface area (Å²) in [6, 6.07) is 15.7. The third kappa shape index (κ3) is 3.27. The van der Waals surface area contributed by atoms with Crippen LogP contribution in [0.2, 0.25) is 0 Å². The molecule has 3 aromatic rings. The van der Waals surface area contributed by atoms with E-state index in [1.807, 2.05) is 66.7 Å². The van der Waals surface area contributed by atoms with Crippen molar-refractivity contribution in [2.24, 2.45) is 7.05 Å². The normalized spacial score (nSPS) is 26.1. The van der Waals surface area contributed by atoms with E-state index in [-0.39, 0.29) is 24.8 Å². The molecule has 2 fully saturated rings. The Kier molecular flexibility index (Phi) is 4.32. The number of aryl methyl sites for hydroxylation is 1. The number of hydrogen-bond acceptors (Lipinski definition) is 4. The standard InChI is InChI=1S/C23H25N3O3/c1-25-14-17-7-8-18(11-21(17)24-25)23(28)12-19-9-10-20(13-23)26(19)22(27)29-15-16-5-3-2-4-6-16/h2-8,11,14,19-20,28H,9-10,12-13,15H2,1H3. The van der Waals surface area contributed by atoms with Gasteiger partial charge in [0.05, 0.1) is 11.1 Å². The topological polar surface area (TPSA) is 67.6 Å². The summed E-state index contributed by atoms with van der Waals surface area (Å²) in [5.41, 5.74) is 1.81. The molecule has 6 nitrogen and oxygen atoms in total. The van der Waals surface area contributed by atoms with Crippen LogP contribution in [0.4, 0.5) is 4.79 Å². The first-order valence-corrected chi connectivity index (χ1v) is 10.2. The maximum atomic E-state index is 12.8. The van der Waals surface area contributed by atoms with Crippen LogP contribution in [0.5, 0.6) is 0 Å². The van der Waals surface area contributed by atoms with Crippen molar-refractivity contribution in [3.63, 3.8) is 0 Å². The predicted octanol–water partition coefficient (Wildman–Crippen LogP) is 3.72. The van der Waals surface area contributed by atoms with Crippen LogP contribution in [0.3, 0.4) is 0 Å². The number of benzene rings is 2. The maximum absolute atomic E-state index is 12.8. The molecule has 2 unspecified atom stereocenters. The molecule has 150 valence electrons. The third-order valence-electron chi connectivity index (χ3n) is 6.34. The van der Waals surface area contributed by atoms with E-state index in [2.05, 4.69) is 5.10 Å². The molecule has 0 spiro atoms. The highest BCUT2D eigenvalue weighted by Crippen LogP contribution is 2.46. The Bertz CT molecular complexity index is 1030. The Balaban J connectivity index is 1.32. The molecule has 6 heteroatoms. The number of carbonyl (C=O) groups excluding carboxylic acids is 1. The smallest absolute Gasteiger partial charge is 0.410 e. The van der Waals surface area contributed by atoms with E-state index in [0.29, 0.717) is 12.8 Å². The fraction of sp³-hybridized carbons (Fsp3) is 0.391. The number of piperidine rings is 1. The second kappa shape index (κ2) is 6.88. The second-order valence-corrected chi connectivity index (χ2v) is 8.35. The number of aromatic nitrogens is 2. The summed E-state index contributed by atoms with van der Waals surface area (Å²) >= 11 is 0. The Morgan fingerprint density at radius 1 is 1.17 bits per heavy atom. The van der Waals surface area contributed by atoms with Gasteiger partial charge in [0, 0.05) is 43.6 Å². The van der Waals surface area contributed by atoms with Gasteiger partial charge in [-0.15, -0.1) is 0 Å². The predicted molar refractivity (Wildman–Crippen MR) is 109 cm³/mol. The zero-order chi connectivity index (χ0) is 20.0. The highest BCUT2D eigenvalue weighted by molar-refractivity contribution is 5.79. The van der Waals surface area contributed by atoms with Crippen molar-refractivity contribution in [1.82, 2.24) is 14.7 Å². The summed E-state index contributed by atoms with van der Waals surface area (Å²) in [6.45, 7) is 0.274. The monoisotopic (exact) mass is 391 g/mol. The minimum absolute atomic E-state index is 0.00135. The molecule has 29 heavy (non-hydrogen) atoms. The number of nitrogens with zero attached hydrogens (tertiary/aromatic N) is 3. The molecule has 2 atom stereocenters. The third-order valence-corrected chi connectivity index (χ3v) is 6.34. The maximum Gasteiger partial charge on any atom is 0.410 e. The molecule has 2 aliphatic heterocycles. The number of ether oxygens (including phenoxy) is 1. The minimum atomic E-state index is -0.937. The Morgan fingerprint density at radius 3 is 2.62 bits per heavy atom. The van der Waals surface area contributed by atoms with Gasteiger partial charge < -0.3 is 14.7 Å². The molecule has 3 heterocycles. The molecule has 0 saturated carbocycles. The number of hydrogen-bond donors (Lipinski definition) is 1. The number of amides is 1. The quantitative estimate of drug-likeness (QED) is 0.739. The van der Waals surface area contributed by atoms with E-state index in [4.69, 9.17) is 4.74 Å². The lowest BCUT2D eigenvalue weighted by Gasteiger charge is -2.43. The summed E-state index contributed by atoms with van der Waals surface area (Å²) < 4.78 is 7.36. The molecule has 2 aliphatic rings. The Labute approximate surface area is 169 Å². The lowest BCUT2D eigenvalue weighted by molar-refractivity contribution is -0.0536. The van der Waals surface area contributed by atoms with E-state index in [9.17, 15) is 9.90 Å². The van der Waals surface area contributed by atoms with Crippen molar-refractivity contribution in [2.45, 2.75) is 50.0 Å². The van der Waals surface area contributed by atoms with Crippen molar-refractivity contribution >= 4 is 17.0 Å². The van der Waals surface area contributed by atoms with Gasteiger partial charge in [-0.2, -0.15) is 5.10 Å². The van der Waals surface area contributed by atoms with Crippen molar-refractivity contribution in [3.8, 4) is 0 Å². The zero-order valence-electron chi connectivity index (χ0n) is 16.5. The van der Waals surface area contributed by atoms with Gasteiger partial charge in [-0.05, 0) is 30.0 Å². The van der Waals surface area contributed by atoms with E-state index in [0.717, 1.165) is 34.9 Å². The van der Waals surface area contributed by atoms with Gasteiger partial charge in [0.1, 0.15) is 6.61 Å². The molecule has 5 rings (SSSR count). The largest absolute Gasteiger partial charge is 0.445 e. The first-order valence-electron chi connectivity index (χ1n) is 10.2. The number of carbonyl (C=O) groups is 1. The van der Waals surface area contributed by atoms with Crippen molar-refractivity contribution in [1.29, 1.82) is 0 Å². The fourth-order valence-electron chi connectivity index (χ4n) is 4.98. The first kappa shape index (κ1) is 18.2. The number of rotatable bonds is 3. The van der Waals surface area contributed by atoms with Gasteiger partial charge in [-0.25, -0.2) is 4.79 Å². The van der Waals surface area contributed by atoms with Crippen molar-refractivity contribution in [3.05, 3.63) is 65.9 Å². The van der Waals surface area contributed by atoms with E-state index in [1.54, 1.807) is 4.68 Å². The zero-order valence-corrected chi connectivity index (χ0v) is 16.5. The van der Waals surface area contributed by atoms with E-state index >= 15 is 0 Å². The number of aliphatic hydroxyl groups is 1. The van der Waals surface area contributed by atoms with Gasteiger partial charge in [0.25, 0.3) is 0 Å². The highest BCUT2D eigenvalue weighted by atomic mass is 16.6. The van der Waals surface area contributed by atoms with Crippen molar-refractivity contribution in [2.75, 3.05) is 0 Å². The van der Waals surface area contributed by atoms with Gasteiger partial charge >= 0.3 is 6.09 Å². The molecule has 1 amide bonds. The second-order valence-electron chi connectivity index (χ2n) is 8.35. The molecule has 0 aliphatic carbocycles. The Morgan fingerprint density at radius 2 is 1.90 bits per heavy atom. The Hall–Kier alpha value is -2.86. The summed E-state index contributed by atoms with van der Waals surface area (Å²) in [4.78, 5) is 14.6. The molecule has 2 bridgehead atoms. The summed E-state index contributed by atoms with van der Waals surface area (Å²) in [5, 5.41) is 17.0. The molecular weight excluding hydrogens is 366 g/mol. The summed E-state index contributed by atoms with van der Waals surface area (Å²) in [7, 11) is 1.90. The molecule has 1 aromatic heterocycles. The van der Waals surface area contributed by atoms with Crippen LogP contribution in [0.1, 0.15) is 36.8 Å². The molecule has 0 radical (unpaired) electrons. The molecule has 2 aromatic carbocycles. The van der Waals surface area contributed by atoms with E-state index < -0.39 is 5.60 Å². The van der Waals surface area contributed by atoms with Gasteiger partial charge in [0.2, 0.25) is 0 Å². The average molecular weight is 391 g/mol. The van der Waals surface area contributed by atoms with Crippen LogP contribution in [-0.4, -0.2) is 38.0 Å². The lowest BCUT2D eigenvalue weighted by Crippen LogP contribution is -2.52. The average Bonchev–Trinajstić information content (AvgIpc) is 3.23. The number of fused-ring (bicyclic) bond motifs is 3. The van der Waals surface area contributed by atoms with Gasteiger partial charge in [0.15, 0.2) is 0 Å². The van der Waals surface area contributed by atoms with Crippen LogP contribution in [0.25, 0.3) is 10.9 Å². The van der Waals surface area contributed by atoms with Gasteiger partial charge in [-0.3, -0.25) is 4.68 Å². The van der Waals surface area contributed by atoms with Crippen LogP contribution in [0, 0.1) is 0 Å². The lowest BCUT2D eigenvalue weighted by atomic mass is 9.80. The van der Waals surface area contributed by atoms with Crippen LogP contribution in [0.15, 0.2) is 54.7 Å². The first-order chi connectivity index (χ1) is 14.0. The summed E-state index contributed by atoms with van der Waals surface area (Å²) in [6.07, 6.45) is 4.56. The minimum Gasteiger partial charge on any atom is -0.445 e. The fourth-order valence-corrected chi connectivity index (χ4v) is 4.98. The van der Waals surface area contributed by atoms with Crippen molar-refractivity contribution < 1.29 is 14.6 Å². The van der Waals surface area contributed by atoms with Crippen LogP contribution < -0.4 is 0 Å². The molecule has 2 saturated heterocycles. The SMILES string of the molecule is Cn1cc2ccc(C3(O)CC4CCC(C3)N4C(=O)OCc3ccccc3)cc2n1. The van der Waals surface area contributed by atoms with E-state index in [1.165, 1.54) is 0 Å². The molecular formula is C23H25N3O3.